The molecule has 0 aromatic heterocycles. The number of aliphatic hydroxyl groups is 2. The number of carbonyl (C=O) groups is 2. The van der Waals surface area contributed by atoms with Gasteiger partial charge in [-0.2, -0.15) is 0 Å². The molecule has 0 spiro atoms. The van der Waals surface area contributed by atoms with Gasteiger partial charge >= 0.3 is 0 Å². The predicted molar refractivity (Wildman–Crippen MR) is 122 cm³/mol. The first kappa shape index (κ1) is 29.9. The number of aliphatic hydroxyl groups excluding tert-OH is 2. The number of quaternary nitrogens is 2. The normalized spacial score (nSPS) is 9.75. The molecule has 0 radical (unpaired) electrons. The topological polar surface area (TPSA) is 154 Å². The van der Waals surface area contributed by atoms with Crippen molar-refractivity contribution in [3.05, 3.63) is 59.7 Å². The van der Waals surface area contributed by atoms with Crippen molar-refractivity contribution in [3.63, 3.8) is 0 Å². The second-order valence-corrected chi connectivity index (χ2v) is 8.37. The minimum absolute atomic E-state index is 0.0796. The number of aromatic carboxylic acids is 2. The van der Waals surface area contributed by atoms with Crippen LogP contribution in [0.25, 0.3) is 0 Å². The maximum Gasteiger partial charge on any atom is 0.0990 e. The minimum atomic E-state index is -1.26. The summed E-state index contributed by atoms with van der Waals surface area (Å²) in [4.78, 5) is 23.0. The molecule has 2 aromatic rings. The Morgan fingerprint density at radius 3 is 1.34 bits per heavy atom. The van der Waals surface area contributed by atoms with Gasteiger partial charge in [0.05, 0.1) is 51.3 Å². The first-order valence-electron chi connectivity index (χ1n) is 10.2. The van der Waals surface area contributed by atoms with Crippen LogP contribution < -0.4 is 20.8 Å². The third-order valence-electron chi connectivity index (χ3n) is 3.68. The smallest absolute Gasteiger partial charge is 0.0990 e. The largest absolute Gasteiger partial charge is 0.545 e. The molecule has 0 fully saturated rings. The molecule has 0 atom stereocenters. The maximum absolute atomic E-state index is 11.0. The van der Waals surface area contributed by atoms with Crippen LogP contribution >= 0.6 is 21.6 Å². The van der Waals surface area contributed by atoms with E-state index >= 15 is 0 Å². The fraction of sp³-hybridized carbons (Fsp3) is 0.364. The molecular weight excluding hydrogens is 452 g/mol. The number of rotatable bonds is 11. The molecule has 0 amide bonds. The van der Waals surface area contributed by atoms with Crippen LogP contribution in [0, 0.1) is 0 Å². The number of benzene rings is 2. The Kier molecular flexibility index (Phi) is 18.3. The van der Waals surface area contributed by atoms with Gasteiger partial charge in [-0.1, -0.05) is 58.0 Å². The van der Waals surface area contributed by atoms with Crippen LogP contribution in [-0.2, 0) is 0 Å². The van der Waals surface area contributed by atoms with E-state index in [4.69, 9.17) is 10.2 Å². The Bertz CT molecular complexity index is 719. The van der Waals surface area contributed by atoms with E-state index < -0.39 is 11.9 Å². The Labute approximate surface area is 196 Å². The number of hydrogen-bond donors (Lipinski definition) is 4. The summed E-state index contributed by atoms with van der Waals surface area (Å²) in [7, 11) is 2.33. The Morgan fingerprint density at radius 2 is 1.09 bits per heavy atom. The summed E-state index contributed by atoms with van der Waals surface area (Å²) in [5.41, 5.74) is 0.159. The zero-order valence-corrected chi connectivity index (χ0v) is 20.0. The molecule has 0 aliphatic rings. The van der Waals surface area contributed by atoms with Crippen LogP contribution in [-0.4, -0.2) is 61.5 Å². The van der Waals surface area contributed by atoms with Gasteiger partial charge in [0, 0.05) is 20.9 Å². The van der Waals surface area contributed by atoms with Crippen molar-refractivity contribution in [3.8, 4) is 0 Å². The number of carboxylic acids is 2. The zero-order chi connectivity index (χ0) is 24.2. The summed E-state index contributed by atoms with van der Waals surface area (Å²) >= 11 is 0. The van der Waals surface area contributed by atoms with Gasteiger partial charge in [-0.3, -0.25) is 0 Å². The number of likely N-dealkylation sites (N-methyl/N-ethyl adjacent to an activating group) is 2. The van der Waals surface area contributed by atoms with E-state index in [9.17, 15) is 19.8 Å². The first-order valence-corrected chi connectivity index (χ1v) is 12.4. The highest BCUT2D eigenvalue weighted by atomic mass is 33.1. The number of carboxylic acid groups (broad SMARTS) is 2. The van der Waals surface area contributed by atoms with E-state index in [0.29, 0.717) is 23.0 Å². The van der Waals surface area contributed by atoms with Gasteiger partial charge in [-0.05, 0) is 26.0 Å². The van der Waals surface area contributed by atoms with Crippen LogP contribution in [0.3, 0.4) is 0 Å². The number of carbonyl (C=O) groups excluding carboxylic acids is 2. The Balaban J connectivity index is 0.000000662. The van der Waals surface area contributed by atoms with Gasteiger partial charge < -0.3 is 40.6 Å². The summed E-state index contributed by atoms with van der Waals surface area (Å²) in [6, 6.07) is 12.8. The van der Waals surface area contributed by atoms with E-state index in [1.54, 1.807) is 36.4 Å². The quantitative estimate of drug-likeness (QED) is 0.218. The third kappa shape index (κ3) is 13.4. The van der Waals surface area contributed by atoms with Gasteiger partial charge in [0.1, 0.15) is 0 Å². The van der Waals surface area contributed by atoms with Gasteiger partial charge in [-0.15, -0.1) is 0 Å². The van der Waals surface area contributed by atoms with E-state index in [2.05, 4.69) is 24.5 Å². The summed E-state index contributed by atoms with van der Waals surface area (Å²) < 4.78 is 0. The average molecular weight is 485 g/mol. The number of hydrogen-bond acceptors (Lipinski definition) is 8. The molecule has 178 valence electrons. The van der Waals surface area contributed by atoms with Crippen LogP contribution in [0.1, 0.15) is 34.6 Å². The molecule has 2 rings (SSSR count). The van der Waals surface area contributed by atoms with E-state index in [1.165, 1.54) is 12.1 Å². The van der Waals surface area contributed by atoms with Crippen molar-refractivity contribution >= 4 is 33.5 Å². The van der Waals surface area contributed by atoms with Crippen molar-refractivity contribution in [2.45, 2.75) is 23.6 Å². The molecule has 0 aliphatic carbocycles. The minimum Gasteiger partial charge on any atom is -0.545 e. The lowest BCUT2D eigenvalue weighted by molar-refractivity contribution is -0.653. The molecule has 6 N–H and O–H groups in total. The third-order valence-corrected chi connectivity index (χ3v) is 6.16. The first-order chi connectivity index (χ1) is 15.4. The van der Waals surface area contributed by atoms with Crippen LogP contribution in [0.2, 0.25) is 0 Å². The highest BCUT2D eigenvalue weighted by molar-refractivity contribution is 8.76. The van der Waals surface area contributed by atoms with Gasteiger partial charge in [-0.25, -0.2) is 0 Å². The molecule has 2 aromatic carbocycles. The van der Waals surface area contributed by atoms with Crippen molar-refractivity contribution < 1.29 is 40.6 Å². The summed E-state index contributed by atoms with van der Waals surface area (Å²) in [5.74, 6) is -2.52. The lowest BCUT2D eigenvalue weighted by Gasteiger charge is -2.11. The Morgan fingerprint density at radius 1 is 0.750 bits per heavy atom. The van der Waals surface area contributed by atoms with Crippen molar-refractivity contribution in [2.75, 3.05) is 39.4 Å². The highest BCUT2D eigenvalue weighted by Gasteiger charge is 2.07. The molecule has 32 heavy (non-hydrogen) atoms. The van der Waals surface area contributed by atoms with E-state index in [1.807, 2.05) is 0 Å². The summed E-state index contributed by atoms with van der Waals surface area (Å²) in [5, 5.41) is 42.4. The van der Waals surface area contributed by atoms with Crippen LogP contribution in [0.5, 0.6) is 0 Å². The second-order valence-electron chi connectivity index (χ2n) is 6.15. The van der Waals surface area contributed by atoms with Crippen molar-refractivity contribution in [1.29, 1.82) is 0 Å². The maximum atomic E-state index is 11.0. The highest BCUT2D eigenvalue weighted by Crippen LogP contribution is 2.40. The summed E-state index contributed by atoms with van der Waals surface area (Å²) in [6.07, 6.45) is 0. The molecule has 0 aliphatic heterocycles. The average Bonchev–Trinajstić information content (AvgIpc) is 2.81. The molecule has 0 saturated carbocycles. The number of nitrogens with two attached hydrogens (primary N) is 2. The Hall–Kier alpha value is -2.08. The molecule has 10 heteroatoms. The molecule has 0 heterocycles. The SMILES string of the molecule is CC[NH2+]CCO.CC[NH2+]CCO.O=C([O-])c1ccccc1SSc1ccccc1C(=O)[O-]. The molecular formula is C22H32N2O6S2. The molecule has 8 nitrogen and oxygen atoms in total. The van der Waals surface area contributed by atoms with Crippen LogP contribution in [0.15, 0.2) is 58.3 Å². The predicted octanol–water partition coefficient (Wildman–Crippen LogP) is -1.66. The van der Waals surface area contributed by atoms with Gasteiger partial charge in [0.25, 0.3) is 0 Å². The summed E-state index contributed by atoms with van der Waals surface area (Å²) in [6.45, 7) is 8.56. The van der Waals surface area contributed by atoms with E-state index in [0.717, 1.165) is 47.8 Å². The van der Waals surface area contributed by atoms with Gasteiger partial charge in [0.2, 0.25) is 0 Å². The fourth-order valence-corrected chi connectivity index (χ4v) is 4.44. The van der Waals surface area contributed by atoms with Crippen molar-refractivity contribution in [2.24, 2.45) is 0 Å². The lowest BCUT2D eigenvalue weighted by atomic mass is 10.2. The molecule has 0 saturated heterocycles. The molecule has 0 unspecified atom stereocenters. The lowest BCUT2D eigenvalue weighted by Crippen LogP contribution is -2.84. The van der Waals surface area contributed by atoms with Crippen LogP contribution in [0.4, 0.5) is 0 Å². The van der Waals surface area contributed by atoms with Crippen molar-refractivity contribution in [1.82, 2.24) is 0 Å². The molecule has 0 bridgehead atoms. The second kappa shape index (κ2) is 19.6. The standard InChI is InChI=1S/C14H10O4S2.2C4H11NO/c15-13(16)9-5-1-3-7-11(9)19-20-12-8-4-2-6-10(12)14(17)18;2*1-2-5-3-4-6/h1-8H,(H,15,16)(H,17,18);2*5-6H,2-4H2,1H3. The van der Waals surface area contributed by atoms with Gasteiger partial charge in [0.15, 0.2) is 0 Å². The van der Waals surface area contributed by atoms with E-state index in [-0.39, 0.29) is 11.1 Å². The zero-order valence-electron chi connectivity index (χ0n) is 18.4. The fourth-order valence-electron chi connectivity index (χ4n) is 2.10. The monoisotopic (exact) mass is 484 g/mol.